The highest BCUT2D eigenvalue weighted by Gasteiger charge is 2.43. The average molecular weight is 365 g/mol. The smallest absolute Gasteiger partial charge is 0.331 e. The zero-order chi connectivity index (χ0) is 19.3. The minimum absolute atomic E-state index is 0.676. The number of benzene rings is 1. The fourth-order valence-corrected chi connectivity index (χ4v) is 2.49. The second-order valence-corrected chi connectivity index (χ2v) is 5.78. The molecule has 0 bridgehead atoms. The number of hydrogen-bond acceptors (Lipinski definition) is 8. The zero-order valence-corrected chi connectivity index (χ0v) is 14.7. The number of carbonyl (C=O) groups is 2. The number of carbonyl (C=O) groups excluding carboxylic acids is 2. The Morgan fingerprint density at radius 3 is 2.42 bits per heavy atom. The number of hydrogen-bond donors (Lipinski definition) is 1. The van der Waals surface area contributed by atoms with Crippen LogP contribution in [0, 0.1) is 0 Å². The van der Waals surface area contributed by atoms with E-state index in [1.54, 1.807) is 31.4 Å². The number of aliphatic hydroxyl groups excluding tert-OH is 1. The van der Waals surface area contributed by atoms with E-state index in [1.807, 2.05) is 0 Å². The summed E-state index contributed by atoms with van der Waals surface area (Å²) in [6.07, 6.45) is -4.03. The molecular weight excluding hydrogens is 344 g/mol. The lowest BCUT2D eigenvalue weighted by Gasteiger charge is -2.45. The molecule has 1 saturated heterocycles. The summed E-state index contributed by atoms with van der Waals surface area (Å²) in [4.78, 5) is 23.2. The van der Waals surface area contributed by atoms with Crippen molar-refractivity contribution in [2.24, 2.45) is 0 Å². The molecule has 1 aliphatic heterocycles. The Hall–Kier alpha value is -2.42. The molecule has 8 heteroatoms. The van der Waals surface area contributed by atoms with Crippen LogP contribution in [0.25, 0.3) is 6.08 Å². The fraction of sp³-hybridized carbons (Fsp3) is 0.444. The SMILES string of the molecule is COc1ccc(/C=C/C(=O)O[C@@H]2[C@@H](O)[C@H](C)O[C@@H]([O-])[C@@H]2OC(C)=O)cc1. The maximum absolute atomic E-state index is 12.1. The highest BCUT2D eigenvalue weighted by molar-refractivity contribution is 5.87. The van der Waals surface area contributed by atoms with Crippen LogP contribution >= 0.6 is 0 Å². The number of ether oxygens (including phenoxy) is 4. The van der Waals surface area contributed by atoms with E-state index in [2.05, 4.69) is 0 Å². The molecule has 1 fully saturated rings. The minimum atomic E-state index is -1.76. The van der Waals surface area contributed by atoms with Crippen LogP contribution in [0.15, 0.2) is 30.3 Å². The maximum atomic E-state index is 12.1. The Labute approximate surface area is 150 Å². The average Bonchev–Trinajstić information content (AvgIpc) is 2.61. The highest BCUT2D eigenvalue weighted by atomic mass is 16.7. The zero-order valence-electron chi connectivity index (χ0n) is 14.7. The third-order valence-electron chi connectivity index (χ3n) is 3.84. The molecule has 0 radical (unpaired) electrons. The van der Waals surface area contributed by atoms with Crippen molar-refractivity contribution in [3.05, 3.63) is 35.9 Å². The molecule has 0 saturated carbocycles. The van der Waals surface area contributed by atoms with Gasteiger partial charge in [0.05, 0.1) is 13.2 Å². The van der Waals surface area contributed by atoms with Gasteiger partial charge in [-0.25, -0.2) is 4.79 Å². The van der Waals surface area contributed by atoms with Gasteiger partial charge in [-0.1, -0.05) is 12.1 Å². The lowest BCUT2D eigenvalue weighted by Crippen LogP contribution is -2.63. The van der Waals surface area contributed by atoms with Gasteiger partial charge in [0, 0.05) is 19.3 Å². The summed E-state index contributed by atoms with van der Waals surface area (Å²) < 4.78 is 20.1. The van der Waals surface area contributed by atoms with Crippen molar-refractivity contribution < 1.29 is 38.7 Å². The largest absolute Gasteiger partial charge is 0.828 e. The first-order chi connectivity index (χ1) is 12.3. The van der Waals surface area contributed by atoms with Crippen LogP contribution in [0.3, 0.4) is 0 Å². The minimum Gasteiger partial charge on any atom is -0.828 e. The summed E-state index contributed by atoms with van der Waals surface area (Å²) in [5.74, 6) is -0.853. The molecule has 5 atom stereocenters. The Balaban J connectivity index is 2.07. The molecular formula is C18H21O8-. The molecule has 0 aliphatic carbocycles. The van der Waals surface area contributed by atoms with Crippen molar-refractivity contribution in [1.29, 1.82) is 0 Å². The molecule has 1 aromatic rings. The van der Waals surface area contributed by atoms with Crippen LogP contribution in [0.5, 0.6) is 5.75 Å². The molecule has 142 valence electrons. The Morgan fingerprint density at radius 1 is 1.19 bits per heavy atom. The summed E-state index contributed by atoms with van der Waals surface area (Å²) in [6.45, 7) is 2.58. The van der Waals surface area contributed by atoms with Crippen molar-refractivity contribution in [1.82, 2.24) is 0 Å². The number of rotatable bonds is 5. The van der Waals surface area contributed by atoms with Crippen molar-refractivity contribution in [2.75, 3.05) is 7.11 Å². The normalized spacial score (nSPS) is 28.6. The van der Waals surface area contributed by atoms with Gasteiger partial charge in [0.1, 0.15) is 11.9 Å². The molecule has 1 aromatic carbocycles. The quantitative estimate of drug-likeness (QED) is 0.574. The molecule has 0 unspecified atom stereocenters. The highest BCUT2D eigenvalue weighted by Crippen LogP contribution is 2.24. The van der Waals surface area contributed by atoms with E-state index in [4.69, 9.17) is 18.9 Å². The van der Waals surface area contributed by atoms with E-state index in [0.29, 0.717) is 5.75 Å². The van der Waals surface area contributed by atoms with E-state index < -0.39 is 42.6 Å². The number of aliphatic hydroxyl groups is 1. The standard InChI is InChI=1S/C18H21O8/c1-10-15(21)16(17(18(22)24-10)25-11(2)19)26-14(20)9-6-12-4-7-13(23-3)8-5-12/h4-10,15-18,21H,1-3H3/q-1/b9-6+/t10-,15-,16+,17+,18+/m0/s1. The van der Waals surface area contributed by atoms with Crippen LogP contribution < -0.4 is 9.84 Å². The summed E-state index contributed by atoms with van der Waals surface area (Å²) in [7, 11) is 1.55. The van der Waals surface area contributed by atoms with Gasteiger partial charge < -0.3 is 29.2 Å². The van der Waals surface area contributed by atoms with Gasteiger partial charge in [-0.15, -0.1) is 0 Å². The molecule has 0 aromatic heterocycles. The Morgan fingerprint density at radius 2 is 1.85 bits per heavy atom. The molecule has 26 heavy (non-hydrogen) atoms. The molecule has 2 rings (SSSR count). The summed E-state index contributed by atoms with van der Waals surface area (Å²) in [5, 5.41) is 22.1. The van der Waals surface area contributed by atoms with Gasteiger partial charge in [-0.3, -0.25) is 4.79 Å². The van der Waals surface area contributed by atoms with Crippen LogP contribution in [0.2, 0.25) is 0 Å². The van der Waals surface area contributed by atoms with Crippen LogP contribution in [0.4, 0.5) is 0 Å². The van der Waals surface area contributed by atoms with Crippen molar-refractivity contribution in [3.8, 4) is 5.75 Å². The van der Waals surface area contributed by atoms with E-state index in [1.165, 1.54) is 13.0 Å². The Kier molecular flexibility index (Phi) is 6.73. The molecule has 1 heterocycles. The first-order valence-corrected chi connectivity index (χ1v) is 8.01. The van der Waals surface area contributed by atoms with E-state index in [-0.39, 0.29) is 0 Å². The third kappa shape index (κ3) is 5.04. The van der Waals surface area contributed by atoms with Crippen molar-refractivity contribution >= 4 is 18.0 Å². The first-order valence-electron chi connectivity index (χ1n) is 8.01. The lowest BCUT2D eigenvalue weighted by atomic mass is 9.99. The molecule has 1 N–H and O–H groups in total. The number of methoxy groups -OCH3 is 1. The predicted molar refractivity (Wildman–Crippen MR) is 87.8 cm³/mol. The maximum Gasteiger partial charge on any atom is 0.331 e. The van der Waals surface area contributed by atoms with Crippen LogP contribution in [-0.4, -0.2) is 54.9 Å². The van der Waals surface area contributed by atoms with E-state index in [9.17, 15) is 19.8 Å². The monoisotopic (exact) mass is 365 g/mol. The van der Waals surface area contributed by atoms with Crippen LogP contribution in [-0.2, 0) is 23.8 Å². The van der Waals surface area contributed by atoms with Crippen molar-refractivity contribution in [3.63, 3.8) is 0 Å². The number of esters is 2. The first kappa shape index (κ1) is 19.9. The molecule has 0 amide bonds. The topological polar surface area (TPSA) is 114 Å². The third-order valence-corrected chi connectivity index (χ3v) is 3.84. The van der Waals surface area contributed by atoms with E-state index in [0.717, 1.165) is 18.6 Å². The second kappa shape index (κ2) is 8.79. The fourth-order valence-electron chi connectivity index (χ4n) is 2.49. The molecule has 1 aliphatic rings. The molecule has 0 spiro atoms. The second-order valence-electron chi connectivity index (χ2n) is 5.78. The van der Waals surface area contributed by atoms with Gasteiger partial charge in [0.15, 0.2) is 12.2 Å². The van der Waals surface area contributed by atoms with Gasteiger partial charge in [-0.05, 0) is 30.7 Å². The van der Waals surface area contributed by atoms with Gasteiger partial charge in [0.25, 0.3) is 0 Å². The van der Waals surface area contributed by atoms with Crippen LogP contribution in [0.1, 0.15) is 19.4 Å². The van der Waals surface area contributed by atoms with Gasteiger partial charge in [-0.2, -0.15) is 0 Å². The van der Waals surface area contributed by atoms with Gasteiger partial charge >= 0.3 is 11.9 Å². The summed E-state index contributed by atoms with van der Waals surface area (Å²) >= 11 is 0. The Bertz CT molecular complexity index is 654. The lowest BCUT2D eigenvalue weighted by molar-refractivity contribution is -0.530. The summed E-state index contributed by atoms with van der Waals surface area (Å²) in [6, 6.07) is 6.94. The van der Waals surface area contributed by atoms with Gasteiger partial charge in [0.2, 0.25) is 0 Å². The summed E-state index contributed by atoms with van der Waals surface area (Å²) in [5.41, 5.74) is 0.724. The van der Waals surface area contributed by atoms with E-state index >= 15 is 0 Å². The van der Waals surface area contributed by atoms with Crippen molar-refractivity contribution in [2.45, 2.75) is 44.6 Å². The predicted octanol–water partition coefficient (Wildman–Crippen LogP) is 0.0179. The molecule has 8 nitrogen and oxygen atoms in total.